The van der Waals surface area contributed by atoms with E-state index in [2.05, 4.69) is 51.7 Å². The minimum atomic E-state index is 0.633. The van der Waals surface area contributed by atoms with Crippen LogP contribution in [0.25, 0.3) is 11.1 Å². The summed E-state index contributed by atoms with van der Waals surface area (Å²) < 4.78 is 6.61. The normalized spacial score (nSPS) is 11.1. The average Bonchev–Trinajstić information content (AvgIpc) is 3.26. The van der Waals surface area contributed by atoms with Gasteiger partial charge in [0.05, 0.1) is 5.75 Å². The van der Waals surface area contributed by atoms with Gasteiger partial charge in [-0.2, -0.15) is 0 Å². The molecule has 2 aromatic carbocycles. The maximum Gasteiger partial charge on any atom is 0.210 e. The van der Waals surface area contributed by atoms with Crippen LogP contribution in [-0.2, 0) is 12.2 Å². The number of para-hydroxylation sites is 2. The first-order valence-electron chi connectivity index (χ1n) is 7.97. The molecule has 2 aromatic heterocycles. The highest BCUT2D eigenvalue weighted by Gasteiger charge is 2.09. The number of thioether (sulfide) groups is 1. The zero-order chi connectivity index (χ0) is 17.1. The lowest BCUT2D eigenvalue weighted by atomic mass is 10.1. The van der Waals surface area contributed by atoms with E-state index in [1.165, 1.54) is 16.9 Å². The number of anilines is 2. The Labute approximate surface area is 153 Å². The molecule has 4 rings (SSSR count). The van der Waals surface area contributed by atoms with Crippen LogP contribution in [0.1, 0.15) is 18.4 Å². The average molecular weight is 368 g/mol. The largest absolute Gasteiger partial charge is 0.440 e. The first-order chi connectivity index (χ1) is 12.3. The van der Waals surface area contributed by atoms with Gasteiger partial charge in [-0.1, -0.05) is 54.3 Å². The molecule has 0 spiro atoms. The number of aryl methyl sites for hydroxylation is 1. The van der Waals surface area contributed by atoms with Gasteiger partial charge in [0.15, 0.2) is 9.92 Å². The van der Waals surface area contributed by atoms with Crippen molar-refractivity contribution >= 4 is 45.0 Å². The molecule has 0 fully saturated rings. The minimum Gasteiger partial charge on any atom is -0.440 e. The molecule has 4 aromatic rings. The molecule has 0 aliphatic heterocycles. The standard InChI is InChI=1S/C18H16N4OS2/c1-2-12-7-9-13(10-8-12)19-17-21-22-18(25-17)24-11-16-20-14-5-3-4-6-15(14)23-16/h3-10H,2,11H2,1H3,(H,19,21). The van der Waals surface area contributed by atoms with Gasteiger partial charge in [-0.3, -0.25) is 0 Å². The molecule has 0 amide bonds. The van der Waals surface area contributed by atoms with Gasteiger partial charge in [-0.25, -0.2) is 4.98 Å². The number of nitrogens with one attached hydrogen (secondary N) is 1. The summed E-state index contributed by atoms with van der Waals surface area (Å²) >= 11 is 3.10. The molecule has 0 aliphatic carbocycles. The molecule has 5 nitrogen and oxygen atoms in total. The van der Waals surface area contributed by atoms with Crippen LogP contribution in [0.2, 0.25) is 0 Å². The molecule has 2 heterocycles. The van der Waals surface area contributed by atoms with Crippen LogP contribution in [0.3, 0.4) is 0 Å². The van der Waals surface area contributed by atoms with Crippen LogP contribution in [-0.4, -0.2) is 15.2 Å². The van der Waals surface area contributed by atoms with Crippen molar-refractivity contribution in [3.05, 3.63) is 60.0 Å². The number of oxazole rings is 1. The van der Waals surface area contributed by atoms with Crippen molar-refractivity contribution in [2.24, 2.45) is 0 Å². The Balaban J connectivity index is 1.38. The van der Waals surface area contributed by atoms with Gasteiger partial charge in [0.2, 0.25) is 11.0 Å². The van der Waals surface area contributed by atoms with Gasteiger partial charge >= 0.3 is 0 Å². The van der Waals surface area contributed by atoms with Crippen LogP contribution >= 0.6 is 23.1 Å². The van der Waals surface area contributed by atoms with E-state index in [0.717, 1.165) is 32.7 Å². The molecule has 7 heteroatoms. The third kappa shape index (κ3) is 3.83. The number of aromatic nitrogens is 3. The fourth-order valence-electron chi connectivity index (χ4n) is 2.37. The Morgan fingerprint density at radius 1 is 1.08 bits per heavy atom. The molecule has 25 heavy (non-hydrogen) atoms. The molecule has 0 aliphatic rings. The predicted molar refractivity (Wildman–Crippen MR) is 103 cm³/mol. The fraction of sp³-hybridized carbons (Fsp3) is 0.167. The second kappa shape index (κ2) is 7.25. The van der Waals surface area contributed by atoms with Crippen LogP contribution in [0.15, 0.2) is 57.3 Å². The van der Waals surface area contributed by atoms with Gasteiger partial charge < -0.3 is 9.73 Å². The molecular weight excluding hydrogens is 352 g/mol. The summed E-state index contributed by atoms with van der Waals surface area (Å²) in [7, 11) is 0. The minimum absolute atomic E-state index is 0.633. The summed E-state index contributed by atoms with van der Waals surface area (Å²) in [5.74, 6) is 1.33. The van der Waals surface area contributed by atoms with Gasteiger partial charge in [-0.05, 0) is 36.2 Å². The molecule has 126 valence electrons. The zero-order valence-corrected chi connectivity index (χ0v) is 15.2. The maximum atomic E-state index is 5.72. The van der Waals surface area contributed by atoms with E-state index in [9.17, 15) is 0 Å². The van der Waals surface area contributed by atoms with Gasteiger partial charge in [0, 0.05) is 5.69 Å². The Kier molecular flexibility index (Phi) is 4.67. The molecule has 1 N–H and O–H groups in total. The Morgan fingerprint density at radius 2 is 1.92 bits per heavy atom. The van der Waals surface area contributed by atoms with Gasteiger partial charge in [0.25, 0.3) is 0 Å². The second-order valence-electron chi connectivity index (χ2n) is 5.41. The molecule has 0 saturated heterocycles. The van der Waals surface area contributed by atoms with Crippen LogP contribution in [0, 0.1) is 0 Å². The molecular formula is C18H16N4OS2. The summed E-state index contributed by atoms with van der Waals surface area (Å²) in [6.45, 7) is 2.15. The van der Waals surface area contributed by atoms with E-state index in [-0.39, 0.29) is 0 Å². The summed E-state index contributed by atoms with van der Waals surface area (Å²) in [5, 5.41) is 12.5. The summed E-state index contributed by atoms with van der Waals surface area (Å²) in [6.07, 6.45) is 1.04. The number of fused-ring (bicyclic) bond motifs is 1. The van der Waals surface area contributed by atoms with Crippen molar-refractivity contribution in [1.82, 2.24) is 15.2 Å². The van der Waals surface area contributed by atoms with Crippen LogP contribution < -0.4 is 5.32 Å². The van der Waals surface area contributed by atoms with E-state index in [0.29, 0.717) is 11.6 Å². The first kappa shape index (κ1) is 16.1. The molecule has 0 radical (unpaired) electrons. The number of hydrogen-bond acceptors (Lipinski definition) is 7. The van der Waals surface area contributed by atoms with E-state index in [4.69, 9.17) is 4.42 Å². The Bertz CT molecular complexity index is 945. The third-order valence-corrected chi connectivity index (χ3v) is 5.63. The summed E-state index contributed by atoms with van der Waals surface area (Å²) in [5.41, 5.74) is 4.03. The zero-order valence-electron chi connectivity index (χ0n) is 13.6. The Hall–Kier alpha value is -2.38. The number of nitrogens with zero attached hydrogens (tertiary/aromatic N) is 3. The fourth-order valence-corrected chi connectivity index (χ4v) is 3.99. The quantitative estimate of drug-likeness (QED) is 0.467. The maximum absolute atomic E-state index is 5.72. The summed E-state index contributed by atoms with van der Waals surface area (Å²) in [6, 6.07) is 16.1. The van der Waals surface area contributed by atoms with Crippen LogP contribution in [0.5, 0.6) is 0 Å². The highest BCUT2D eigenvalue weighted by atomic mass is 32.2. The van der Waals surface area contributed by atoms with Crippen molar-refractivity contribution in [3.8, 4) is 0 Å². The van der Waals surface area contributed by atoms with E-state index >= 15 is 0 Å². The first-order valence-corrected chi connectivity index (χ1v) is 9.77. The monoisotopic (exact) mass is 368 g/mol. The molecule has 0 bridgehead atoms. The third-order valence-electron chi connectivity index (χ3n) is 3.68. The molecule has 0 unspecified atom stereocenters. The number of hydrogen-bond donors (Lipinski definition) is 1. The highest BCUT2D eigenvalue weighted by molar-refractivity contribution is 8.00. The predicted octanol–water partition coefficient (Wildman–Crippen LogP) is 5.28. The number of benzene rings is 2. The van der Waals surface area contributed by atoms with Crippen molar-refractivity contribution < 1.29 is 4.42 Å². The lowest BCUT2D eigenvalue weighted by molar-refractivity contribution is 0.556. The van der Waals surface area contributed by atoms with Crippen molar-refractivity contribution in [1.29, 1.82) is 0 Å². The number of rotatable bonds is 6. The van der Waals surface area contributed by atoms with E-state index < -0.39 is 0 Å². The molecule has 0 saturated carbocycles. The smallest absolute Gasteiger partial charge is 0.210 e. The van der Waals surface area contributed by atoms with Crippen molar-refractivity contribution in [3.63, 3.8) is 0 Å². The topological polar surface area (TPSA) is 63.8 Å². The Morgan fingerprint density at radius 3 is 2.72 bits per heavy atom. The molecule has 0 atom stereocenters. The van der Waals surface area contributed by atoms with Crippen molar-refractivity contribution in [2.45, 2.75) is 23.4 Å². The second-order valence-corrected chi connectivity index (χ2v) is 7.61. The SMILES string of the molecule is CCc1ccc(Nc2nnc(SCc3nc4ccccc4o3)s2)cc1. The summed E-state index contributed by atoms with van der Waals surface area (Å²) in [4.78, 5) is 4.47. The van der Waals surface area contributed by atoms with E-state index in [1.54, 1.807) is 11.8 Å². The van der Waals surface area contributed by atoms with E-state index in [1.807, 2.05) is 24.3 Å². The van der Waals surface area contributed by atoms with Gasteiger partial charge in [0.1, 0.15) is 5.52 Å². The van der Waals surface area contributed by atoms with Crippen LogP contribution in [0.4, 0.5) is 10.8 Å². The highest BCUT2D eigenvalue weighted by Crippen LogP contribution is 2.30. The lowest BCUT2D eigenvalue weighted by Crippen LogP contribution is -1.89. The van der Waals surface area contributed by atoms with Crippen molar-refractivity contribution in [2.75, 3.05) is 5.32 Å². The van der Waals surface area contributed by atoms with Gasteiger partial charge in [-0.15, -0.1) is 10.2 Å². The lowest BCUT2D eigenvalue weighted by Gasteiger charge is -2.02.